The molecule has 6 heteroatoms. The van der Waals surface area contributed by atoms with Gasteiger partial charge in [-0.15, -0.1) is 0 Å². The van der Waals surface area contributed by atoms with E-state index in [4.69, 9.17) is 9.47 Å². The summed E-state index contributed by atoms with van der Waals surface area (Å²) in [7, 11) is 3.09. The van der Waals surface area contributed by atoms with Crippen LogP contribution in [-0.4, -0.2) is 42.6 Å². The van der Waals surface area contributed by atoms with E-state index < -0.39 is 18.3 Å². The van der Waals surface area contributed by atoms with E-state index in [0.29, 0.717) is 6.42 Å². The Morgan fingerprint density at radius 1 is 1.33 bits per heavy atom. The Morgan fingerprint density at radius 2 is 2.05 bits per heavy atom. The molecule has 2 unspecified atom stereocenters. The summed E-state index contributed by atoms with van der Waals surface area (Å²) in [5.41, 5.74) is 2.94. The van der Waals surface area contributed by atoms with Crippen LogP contribution in [0.1, 0.15) is 17.3 Å². The Kier molecular flexibility index (Phi) is 3.67. The molecule has 0 saturated carbocycles. The molecule has 0 spiro atoms. The van der Waals surface area contributed by atoms with Gasteiger partial charge < -0.3 is 19.6 Å². The first kappa shape index (κ1) is 14.1. The van der Waals surface area contributed by atoms with Gasteiger partial charge in [-0.05, 0) is 11.6 Å². The fraction of sp³-hybridized carbons (Fsp3) is 0.400. The summed E-state index contributed by atoms with van der Waals surface area (Å²) >= 11 is 0. The van der Waals surface area contributed by atoms with Crippen LogP contribution in [0.5, 0.6) is 0 Å². The lowest BCUT2D eigenvalue weighted by Gasteiger charge is -2.33. The molecule has 1 aromatic carbocycles. The summed E-state index contributed by atoms with van der Waals surface area (Å²) in [6.07, 6.45) is -0.121. The van der Waals surface area contributed by atoms with Gasteiger partial charge in [0.15, 0.2) is 6.29 Å². The van der Waals surface area contributed by atoms with E-state index in [0.717, 1.165) is 22.2 Å². The molecular weight excluding hydrogens is 272 g/mol. The predicted molar refractivity (Wildman–Crippen MR) is 77.1 cm³/mol. The maximum absolute atomic E-state index is 11.4. The third kappa shape index (κ3) is 2.31. The lowest BCUT2D eigenvalue weighted by molar-refractivity contribution is -0.145. The number of hydrogen-bond acceptors (Lipinski definition) is 4. The van der Waals surface area contributed by atoms with Crippen LogP contribution in [-0.2, 0) is 20.7 Å². The van der Waals surface area contributed by atoms with Crippen molar-refractivity contribution in [3.8, 4) is 0 Å². The molecule has 3 N–H and O–H groups in total. The van der Waals surface area contributed by atoms with E-state index in [1.54, 1.807) is 14.2 Å². The van der Waals surface area contributed by atoms with Crippen molar-refractivity contribution in [2.24, 2.45) is 0 Å². The van der Waals surface area contributed by atoms with E-state index in [2.05, 4.69) is 10.3 Å². The highest BCUT2D eigenvalue weighted by atomic mass is 16.7. The molecule has 2 atom stereocenters. The summed E-state index contributed by atoms with van der Waals surface area (Å²) in [5.74, 6) is -0.873. The molecule has 0 amide bonds. The summed E-state index contributed by atoms with van der Waals surface area (Å²) in [5, 5.41) is 13.5. The van der Waals surface area contributed by atoms with Crippen LogP contribution in [0.2, 0.25) is 0 Å². The number of benzene rings is 1. The number of aromatic amines is 1. The average Bonchev–Trinajstić information content (AvgIpc) is 2.87. The Labute approximate surface area is 122 Å². The van der Waals surface area contributed by atoms with Crippen LogP contribution in [0.15, 0.2) is 24.3 Å². The van der Waals surface area contributed by atoms with Gasteiger partial charge >= 0.3 is 5.97 Å². The number of aromatic nitrogens is 1. The number of carbonyl (C=O) groups is 1. The van der Waals surface area contributed by atoms with Crippen LogP contribution in [0.4, 0.5) is 0 Å². The SMILES string of the molecule is COC(OC)C1NC(C(=O)O)Cc2c1[nH]c1ccccc21. The number of H-pyrrole nitrogens is 1. The van der Waals surface area contributed by atoms with E-state index >= 15 is 0 Å². The molecule has 6 nitrogen and oxygen atoms in total. The molecule has 1 aliphatic heterocycles. The van der Waals surface area contributed by atoms with Crippen LogP contribution < -0.4 is 5.32 Å². The highest BCUT2D eigenvalue weighted by Gasteiger charge is 2.37. The molecule has 0 fully saturated rings. The van der Waals surface area contributed by atoms with Gasteiger partial charge in [-0.1, -0.05) is 18.2 Å². The van der Waals surface area contributed by atoms with Gasteiger partial charge in [0.25, 0.3) is 0 Å². The van der Waals surface area contributed by atoms with Crippen molar-refractivity contribution in [1.82, 2.24) is 10.3 Å². The fourth-order valence-corrected chi connectivity index (χ4v) is 3.01. The maximum atomic E-state index is 11.4. The zero-order valence-corrected chi connectivity index (χ0v) is 11.9. The first-order valence-corrected chi connectivity index (χ1v) is 6.79. The van der Waals surface area contributed by atoms with Gasteiger partial charge in [0.05, 0.1) is 6.04 Å². The van der Waals surface area contributed by atoms with Crippen molar-refractivity contribution in [3.63, 3.8) is 0 Å². The minimum absolute atomic E-state index is 0.350. The molecule has 0 saturated heterocycles. The van der Waals surface area contributed by atoms with Gasteiger partial charge in [0.1, 0.15) is 6.04 Å². The molecule has 112 valence electrons. The molecule has 1 aliphatic rings. The zero-order valence-electron chi connectivity index (χ0n) is 11.9. The van der Waals surface area contributed by atoms with E-state index in [-0.39, 0.29) is 6.04 Å². The average molecular weight is 290 g/mol. The number of ether oxygens (including phenoxy) is 2. The third-order valence-corrected chi connectivity index (χ3v) is 3.98. The van der Waals surface area contributed by atoms with Crippen LogP contribution in [0.25, 0.3) is 10.9 Å². The number of carboxylic acids is 1. The van der Waals surface area contributed by atoms with Crippen LogP contribution in [0.3, 0.4) is 0 Å². The first-order valence-electron chi connectivity index (χ1n) is 6.79. The highest BCUT2D eigenvalue weighted by molar-refractivity contribution is 5.86. The standard InChI is InChI=1S/C15H18N2O4/c1-20-15(21-2)13-12-9(7-11(17-13)14(18)19)8-5-3-4-6-10(8)16-12/h3-6,11,13,15-17H,7H2,1-2H3,(H,18,19). The number of methoxy groups -OCH3 is 2. The molecular formula is C15H18N2O4. The number of carboxylic acid groups (broad SMARTS) is 1. The molecule has 0 aliphatic carbocycles. The molecule has 1 aromatic heterocycles. The Balaban J connectivity index is 2.13. The van der Waals surface area contributed by atoms with Gasteiger partial charge in [0, 0.05) is 37.2 Å². The van der Waals surface area contributed by atoms with Gasteiger partial charge in [-0.25, -0.2) is 0 Å². The number of aliphatic carboxylic acids is 1. The second kappa shape index (κ2) is 5.48. The van der Waals surface area contributed by atoms with Crippen LogP contribution >= 0.6 is 0 Å². The molecule has 0 bridgehead atoms. The normalized spacial score (nSPS) is 21.7. The monoisotopic (exact) mass is 290 g/mol. The fourth-order valence-electron chi connectivity index (χ4n) is 3.01. The lowest BCUT2D eigenvalue weighted by atomic mass is 9.93. The van der Waals surface area contributed by atoms with E-state index in [9.17, 15) is 9.90 Å². The largest absolute Gasteiger partial charge is 0.480 e. The smallest absolute Gasteiger partial charge is 0.321 e. The van der Waals surface area contributed by atoms with Crippen molar-refractivity contribution >= 4 is 16.9 Å². The number of nitrogens with one attached hydrogen (secondary N) is 2. The molecule has 2 aromatic rings. The van der Waals surface area contributed by atoms with Crippen molar-refractivity contribution < 1.29 is 19.4 Å². The summed E-state index contributed by atoms with van der Waals surface area (Å²) in [4.78, 5) is 14.8. The Bertz CT molecular complexity index is 663. The predicted octanol–water partition coefficient (Wildman–Crippen LogP) is 1.43. The summed E-state index contributed by atoms with van der Waals surface area (Å²) < 4.78 is 10.6. The van der Waals surface area contributed by atoms with Crippen LogP contribution in [0, 0.1) is 0 Å². The second-order valence-corrected chi connectivity index (χ2v) is 5.14. The Morgan fingerprint density at radius 3 is 2.71 bits per heavy atom. The van der Waals surface area contributed by atoms with Crippen molar-refractivity contribution in [3.05, 3.63) is 35.5 Å². The number of rotatable bonds is 4. The quantitative estimate of drug-likeness (QED) is 0.742. The number of para-hydroxylation sites is 1. The molecule has 3 rings (SSSR count). The number of hydrogen-bond donors (Lipinski definition) is 3. The summed E-state index contributed by atoms with van der Waals surface area (Å²) in [6, 6.07) is 6.88. The van der Waals surface area contributed by atoms with Crippen molar-refractivity contribution in [2.45, 2.75) is 24.8 Å². The van der Waals surface area contributed by atoms with Gasteiger partial charge in [0.2, 0.25) is 0 Å². The minimum atomic E-state index is -0.873. The zero-order chi connectivity index (χ0) is 15.0. The molecule has 21 heavy (non-hydrogen) atoms. The maximum Gasteiger partial charge on any atom is 0.321 e. The second-order valence-electron chi connectivity index (χ2n) is 5.14. The topological polar surface area (TPSA) is 83.6 Å². The first-order chi connectivity index (χ1) is 10.2. The lowest BCUT2D eigenvalue weighted by Crippen LogP contribution is -2.49. The van der Waals surface area contributed by atoms with Gasteiger partial charge in [-0.2, -0.15) is 0 Å². The van der Waals surface area contributed by atoms with E-state index in [1.165, 1.54) is 0 Å². The molecule has 0 radical (unpaired) electrons. The van der Waals surface area contributed by atoms with Gasteiger partial charge in [-0.3, -0.25) is 10.1 Å². The van der Waals surface area contributed by atoms with Crippen molar-refractivity contribution in [1.29, 1.82) is 0 Å². The Hall–Kier alpha value is -1.89. The third-order valence-electron chi connectivity index (χ3n) is 3.98. The summed E-state index contributed by atoms with van der Waals surface area (Å²) in [6.45, 7) is 0. The minimum Gasteiger partial charge on any atom is -0.480 e. The van der Waals surface area contributed by atoms with E-state index in [1.807, 2.05) is 24.3 Å². The molecule has 2 heterocycles. The number of fused-ring (bicyclic) bond motifs is 3. The highest BCUT2D eigenvalue weighted by Crippen LogP contribution is 2.34. The van der Waals surface area contributed by atoms with Crippen molar-refractivity contribution in [2.75, 3.05) is 14.2 Å².